The summed E-state index contributed by atoms with van der Waals surface area (Å²) in [6.45, 7) is 1.00. The first-order valence-corrected chi connectivity index (χ1v) is 6.62. The zero-order chi connectivity index (χ0) is 11.0. The second kappa shape index (κ2) is 3.62. The average Bonchev–Trinajstić information content (AvgIpc) is 2.51. The van der Waals surface area contributed by atoms with Crippen LogP contribution in [-0.4, -0.2) is 31.5 Å². The number of sulfone groups is 1. The Morgan fingerprint density at radius 1 is 1.50 bits per heavy atom. The molecule has 1 aromatic rings. The summed E-state index contributed by atoms with van der Waals surface area (Å²) in [7, 11) is -3.22. The van der Waals surface area contributed by atoms with Crippen LogP contribution in [0.2, 0.25) is 0 Å². The van der Waals surface area contributed by atoms with Gasteiger partial charge in [0.25, 0.3) is 0 Å². The van der Waals surface area contributed by atoms with Crippen LogP contribution in [0.5, 0.6) is 0 Å². The van der Waals surface area contributed by atoms with Gasteiger partial charge in [0.05, 0.1) is 6.61 Å². The van der Waals surface area contributed by atoms with Crippen molar-refractivity contribution in [3.63, 3.8) is 0 Å². The highest BCUT2D eigenvalue weighted by molar-refractivity contribution is 7.92. The summed E-state index contributed by atoms with van der Waals surface area (Å²) in [4.78, 5) is 0.445. The van der Waals surface area contributed by atoms with E-state index < -0.39 is 22.0 Å². The van der Waals surface area contributed by atoms with Gasteiger partial charge in [-0.05, 0) is 19.1 Å². The van der Waals surface area contributed by atoms with Gasteiger partial charge in [0, 0.05) is 11.1 Å². The van der Waals surface area contributed by atoms with E-state index in [0.29, 0.717) is 4.88 Å². The van der Waals surface area contributed by atoms with Gasteiger partial charge in [0.1, 0.15) is 9.81 Å². The third-order valence-electron chi connectivity index (χ3n) is 1.79. The lowest BCUT2D eigenvalue weighted by Crippen LogP contribution is -2.24. The Morgan fingerprint density at radius 3 is 2.43 bits per heavy atom. The summed E-state index contributed by atoms with van der Waals surface area (Å²) in [6, 6.07) is 2.94. The van der Waals surface area contributed by atoms with E-state index in [1.54, 1.807) is 0 Å². The Balaban J connectivity index is 3.13. The molecule has 1 rings (SSSR count). The van der Waals surface area contributed by atoms with Crippen LogP contribution in [0.15, 0.2) is 16.3 Å². The average molecular weight is 236 g/mol. The van der Waals surface area contributed by atoms with Gasteiger partial charge in [0.15, 0.2) is 9.84 Å². The summed E-state index contributed by atoms with van der Waals surface area (Å²) < 4.78 is 22.5. The molecule has 2 N–H and O–H groups in total. The van der Waals surface area contributed by atoms with Gasteiger partial charge >= 0.3 is 0 Å². The van der Waals surface area contributed by atoms with Crippen molar-refractivity contribution >= 4 is 21.2 Å². The van der Waals surface area contributed by atoms with Crippen LogP contribution in [-0.2, 0) is 15.4 Å². The third-order valence-corrected chi connectivity index (χ3v) is 4.94. The second-order valence-electron chi connectivity index (χ2n) is 3.32. The zero-order valence-electron chi connectivity index (χ0n) is 7.89. The monoisotopic (exact) mass is 236 g/mol. The molecule has 14 heavy (non-hydrogen) atoms. The molecule has 1 aromatic heterocycles. The number of hydrogen-bond acceptors (Lipinski definition) is 5. The molecular formula is C8H12O4S2. The van der Waals surface area contributed by atoms with E-state index in [-0.39, 0.29) is 4.21 Å². The molecule has 80 valence electrons. The summed E-state index contributed by atoms with van der Waals surface area (Å²) in [5.41, 5.74) is -1.37. The van der Waals surface area contributed by atoms with Crippen molar-refractivity contribution in [1.82, 2.24) is 0 Å². The van der Waals surface area contributed by atoms with Gasteiger partial charge < -0.3 is 10.2 Å². The van der Waals surface area contributed by atoms with Crippen molar-refractivity contribution in [1.29, 1.82) is 0 Å². The van der Waals surface area contributed by atoms with E-state index in [4.69, 9.17) is 5.11 Å². The molecule has 0 bridgehead atoms. The van der Waals surface area contributed by atoms with E-state index in [1.165, 1.54) is 19.1 Å². The normalized spacial score (nSPS) is 16.6. The Hall–Kier alpha value is -0.430. The molecule has 0 spiro atoms. The second-order valence-corrected chi connectivity index (χ2v) is 6.65. The maximum Gasteiger partial charge on any atom is 0.184 e. The smallest absolute Gasteiger partial charge is 0.184 e. The van der Waals surface area contributed by atoms with E-state index in [0.717, 1.165) is 17.6 Å². The molecule has 0 aliphatic carbocycles. The maximum atomic E-state index is 11.1. The van der Waals surface area contributed by atoms with Crippen LogP contribution in [0.4, 0.5) is 0 Å². The molecule has 4 nitrogen and oxygen atoms in total. The highest BCUT2D eigenvalue weighted by Gasteiger charge is 2.25. The van der Waals surface area contributed by atoms with E-state index in [9.17, 15) is 13.5 Å². The van der Waals surface area contributed by atoms with Gasteiger partial charge in [-0.1, -0.05) is 0 Å². The molecule has 1 heterocycles. The van der Waals surface area contributed by atoms with Crippen LogP contribution in [0.1, 0.15) is 11.8 Å². The molecule has 0 fully saturated rings. The van der Waals surface area contributed by atoms with E-state index in [1.807, 2.05) is 0 Å². The van der Waals surface area contributed by atoms with Crippen LogP contribution in [0.3, 0.4) is 0 Å². The predicted octanol–water partition coefficient (Wildman–Crippen LogP) is 0.351. The Morgan fingerprint density at radius 2 is 2.07 bits per heavy atom. The molecule has 0 saturated heterocycles. The van der Waals surface area contributed by atoms with Crippen molar-refractivity contribution in [2.45, 2.75) is 16.7 Å². The SMILES string of the molecule is CC(O)(CO)c1ccc(S(C)(=O)=O)s1. The number of hydrogen-bond donors (Lipinski definition) is 2. The predicted molar refractivity (Wildman–Crippen MR) is 54.1 cm³/mol. The Bertz CT molecular complexity index is 416. The standard InChI is InChI=1S/C8H12O4S2/c1-8(10,5-9)6-3-4-7(13-6)14(2,11)12/h3-4,9-10H,5H2,1-2H3. The molecule has 0 aliphatic heterocycles. The molecule has 6 heteroatoms. The summed E-state index contributed by atoms with van der Waals surface area (Å²) in [6.07, 6.45) is 1.11. The lowest BCUT2D eigenvalue weighted by atomic mass is 10.1. The van der Waals surface area contributed by atoms with Crippen molar-refractivity contribution < 1.29 is 18.6 Å². The molecule has 1 atom stereocenters. The van der Waals surface area contributed by atoms with Crippen molar-refractivity contribution in [2.75, 3.05) is 12.9 Å². The quantitative estimate of drug-likeness (QED) is 0.794. The minimum absolute atomic E-state index is 0.196. The first-order valence-electron chi connectivity index (χ1n) is 3.91. The first-order chi connectivity index (χ1) is 6.27. The molecule has 1 unspecified atom stereocenters. The number of thiophene rings is 1. The van der Waals surface area contributed by atoms with Gasteiger partial charge in [-0.3, -0.25) is 0 Å². The summed E-state index contributed by atoms with van der Waals surface area (Å²) in [5, 5.41) is 18.5. The van der Waals surface area contributed by atoms with Crippen LogP contribution in [0.25, 0.3) is 0 Å². The van der Waals surface area contributed by atoms with E-state index in [2.05, 4.69) is 0 Å². The largest absolute Gasteiger partial charge is 0.393 e. The molecule has 0 aromatic carbocycles. The van der Waals surface area contributed by atoms with Crippen LogP contribution in [0, 0.1) is 0 Å². The lowest BCUT2D eigenvalue weighted by Gasteiger charge is -2.17. The number of aliphatic hydroxyl groups is 2. The van der Waals surface area contributed by atoms with E-state index >= 15 is 0 Å². The maximum absolute atomic E-state index is 11.1. The van der Waals surface area contributed by atoms with Crippen LogP contribution >= 0.6 is 11.3 Å². The fourth-order valence-corrected chi connectivity index (χ4v) is 2.85. The summed E-state index contributed by atoms with van der Waals surface area (Å²) >= 11 is 0.973. The number of rotatable bonds is 3. The minimum atomic E-state index is -3.22. The first kappa shape index (κ1) is 11.6. The van der Waals surface area contributed by atoms with Crippen molar-refractivity contribution in [3.8, 4) is 0 Å². The highest BCUT2D eigenvalue weighted by atomic mass is 32.2. The fraction of sp³-hybridized carbons (Fsp3) is 0.500. The fourth-order valence-electron chi connectivity index (χ4n) is 0.887. The van der Waals surface area contributed by atoms with Crippen molar-refractivity contribution in [2.24, 2.45) is 0 Å². The molecule has 0 saturated carbocycles. The van der Waals surface area contributed by atoms with Crippen molar-refractivity contribution in [3.05, 3.63) is 17.0 Å². The van der Waals surface area contributed by atoms with Crippen LogP contribution < -0.4 is 0 Å². The van der Waals surface area contributed by atoms with Gasteiger partial charge in [-0.15, -0.1) is 11.3 Å². The molecule has 0 amide bonds. The third kappa shape index (κ3) is 2.33. The summed E-state index contributed by atoms with van der Waals surface area (Å²) in [5.74, 6) is 0. The molecule has 0 aliphatic rings. The molecular weight excluding hydrogens is 224 g/mol. The van der Waals surface area contributed by atoms with Gasteiger partial charge in [-0.2, -0.15) is 0 Å². The zero-order valence-corrected chi connectivity index (χ0v) is 9.52. The van der Waals surface area contributed by atoms with Gasteiger partial charge in [-0.25, -0.2) is 8.42 Å². The Kier molecular flexibility index (Phi) is 3.01. The minimum Gasteiger partial charge on any atom is -0.393 e. The highest BCUT2D eigenvalue weighted by Crippen LogP contribution is 2.30. The Labute approximate surface area is 86.7 Å². The topological polar surface area (TPSA) is 74.6 Å². The number of aliphatic hydroxyl groups excluding tert-OH is 1. The molecule has 0 radical (unpaired) electrons. The van der Waals surface area contributed by atoms with Gasteiger partial charge in [0.2, 0.25) is 0 Å². The lowest BCUT2D eigenvalue weighted by molar-refractivity contribution is 0.000792.